The van der Waals surface area contributed by atoms with Gasteiger partial charge < -0.3 is 29.2 Å². The van der Waals surface area contributed by atoms with Gasteiger partial charge in [-0.1, -0.05) is 6.07 Å². The predicted molar refractivity (Wildman–Crippen MR) is 155 cm³/mol. The summed E-state index contributed by atoms with van der Waals surface area (Å²) in [7, 11) is 3.07. The summed E-state index contributed by atoms with van der Waals surface area (Å²) in [6.45, 7) is 5.32. The molecule has 0 unspecified atom stereocenters. The molecule has 5 rings (SSSR count). The number of carbonyl (C=O) groups is 1. The molecule has 11 nitrogen and oxygen atoms in total. The van der Waals surface area contributed by atoms with Gasteiger partial charge in [0, 0.05) is 24.0 Å². The Morgan fingerprint density at radius 3 is 2.47 bits per heavy atom. The Morgan fingerprint density at radius 1 is 1.05 bits per heavy atom. The molecule has 0 saturated carbocycles. The van der Waals surface area contributed by atoms with E-state index in [1.54, 1.807) is 52.3 Å². The zero-order chi connectivity index (χ0) is 30.9. The zero-order valence-corrected chi connectivity index (χ0v) is 24.2. The van der Waals surface area contributed by atoms with E-state index in [1.807, 2.05) is 0 Å². The number of aromatic nitrogens is 5. The minimum atomic E-state index is -0.845. The first-order chi connectivity index (χ1) is 20.5. The van der Waals surface area contributed by atoms with Crippen molar-refractivity contribution in [2.24, 2.45) is 0 Å². The summed E-state index contributed by atoms with van der Waals surface area (Å²) in [6.07, 6.45) is 4.53. The van der Waals surface area contributed by atoms with Gasteiger partial charge in [0.05, 0.1) is 43.7 Å². The summed E-state index contributed by atoms with van der Waals surface area (Å²) < 4.78 is 48.6. The first kappa shape index (κ1) is 29.3. The minimum absolute atomic E-state index is 0.0671. The monoisotopic (exact) mass is 592 g/mol. The molecule has 0 amide bonds. The van der Waals surface area contributed by atoms with Crippen LogP contribution in [0.4, 0.5) is 20.3 Å². The smallest absolute Gasteiger partial charge is 0.328 e. The topological polar surface area (TPSA) is 126 Å². The van der Waals surface area contributed by atoms with Gasteiger partial charge in [-0.3, -0.25) is 9.48 Å². The Labute approximate surface area is 245 Å². The second kappa shape index (κ2) is 11.6. The van der Waals surface area contributed by atoms with Gasteiger partial charge in [-0.15, -0.1) is 0 Å². The van der Waals surface area contributed by atoms with Gasteiger partial charge in [-0.05, 0) is 45.0 Å². The van der Waals surface area contributed by atoms with E-state index in [9.17, 15) is 18.7 Å². The highest BCUT2D eigenvalue weighted by Crippen LogP contribution is 2.37. The van der Waals surface area contributed by atoms with Gasteiger partial charge >= 0.3 is 5.97 Å². The summed E-state index contributed by atoms with van der Waals surface area (Å²) >= 11 is 0. The van der Waals surface area contributed by atoms with Gasteiger partial charge in [0.15, 0.2) is 5.82 Å². The van der Waals surface area contributed by atoms with E-state index >= 15 is 0 Å². The summed E-state index contributed by atoms with van der Waals surface area (Å²) in [6, 6.07) is 8.74. The van der Waals surface area contributed by atoms with Crippen LogP contribution in [0.1, 0.15) is 26.3 Å². The molecule has 5 aromatic rings. The fourth-order valence-electron chi connectivity index (χ4n) is 4.50. The number of rotatable bonds is 9. The third kappa shape index (κ3) is 6.35. The molecule has 0 aliphatic rings. The normalized spacial score (nSPS) is 11.5. The molecule has 224 valence electrons. The maximum atomic E-state index is 14.8. The van der Waals surface area contributed by atoms with E-state index in [-0.39, 0.29) is 41.5 Å². The maximum Gasteiger partial charge on any atom is 0.328 e. The molecule has 13 heteroatoms. The standard InChI is InChI=1S/C30H30F2N6O5/c1-30(2,3)43-24(39)16-38-14-18(12-33-38)34-28-26-22(35-27(36-28)25-20(31)7-6-8-21(25)32)15-37(29(26)40)13-17-9-10-19(41-4)11-23(17)42-5/h6-12,14-15,40H,13,16H2,1-5H3,(H,34,35,36). The first-order valence-electron chi connectivity index (χ1n) is 13.2. The van der Waals surface area contributed by atoms with E-state index in [2.05, 4.69) is 20.4 Å². The van der Waals surface area contributed by atoms with E-state index in [4.69, 9.17) is 14.2 Å². The highest BCUT2D eigenvalue weighted by molar-refractivity contribution is 5.96. The van der Waals surface area contributed by atoms with Gasteiger partial charge in [0.25, 0.3) is 0 Å². The van der Waals surface area contributed by atoms with Crippen LogP contribution in [0, 0.1) is 11.6 Å². The third-order valence-electron chi connectivity index (χ3n) is 6.34. The van der Waals surface area contributed by atoms with Gasteiger partial charge in [0.1, 0.15) is 46.5 Å². The molecule has 43 heavy (non-hydrogen) atoms. The molecule has 3 heterocycles. The Morgan fingerprint density at radius 2 is 1.79 bits per heavy atom. The number of benzene rings is 2. The van der Waals surface area contributed by atoms with Crippen LogP contribution in [-0.2, 0) is 22.6 Å². The van der Waals surface area contributed by atoms with Crippen LogP contribution >= 0.6 is 0 Å². The number of halogens is 2. The fourth-order valence-corrected chi connectivity index (χ4v) is 4.50. The van der Waals surface area contributed by atoms with Crippen LogP contribution in [0.25, 0.3) is 22.3 Å². The van der Waals surface area contributed by atoms with Crippen molar-refractivity contribution in [3.05, 3.63) is 72.2 Å². The number of nitrogens with one attached hydrogen (secondary N) is 1. The number of anilines is 2. The Hall–Kier alpha value is -5.20. The average molecular weight is 593 g/mol. The molecule has 2 aromatic carbocycles. The fraction of sp³-hybridized carbons (Fsp3) is 0.267. The SMILES string of the molecule is COc1ccc(Cn2cc3nc(-c4c(F)cccc4F)nc(Nc4cnn(CC(=O)OC(C)(C)C)c4)c3c2O)c(OC)c1. The number of fused-ring (bicyclic) bond motifs is 1. The number of methoxy groups -OCH3 is 2. The molecule has 0 bridgehead atoms. The summed E-state index contributed by atoms with van der Waals surface area (Å²) in [5.74, 6) is -1.40. The maximum absolute atomic E-state index is 14.8. The number of hydrogen-bond donors (Lipinski definition) is 2. The van der Waals surface area contributed by atoms with Crippen molar-refractivity contribution in [2.75, 3.05) is 19.5 Å². The van der Waals surface area contributed by atoms with E-state index < -0.39 is 28.8 Å². The second-order valence-corrected chi connectivity index (χ2v) is 10.6. The highest BCUT2D eigenvalue weighted by Gasteiger charge is 2.23. The first-order valence-corrected chi connectivity index (χ1v) is 13.2. The lowest BCUT2D eigenvalue weighted by atomic mass is 10.1. The molecule has 0 atom stereocenters. The lowest BCUT2D eigenvalue weighted by Crippen LogP contribution is -2.26. The summed E-state index contributed by atoms with van der Waals surface area (Å²) in [4.78, 5) is 21.1. The largest absolute Gasteiger partial charge is 0.497 e. The molecule has 0 aliphatic heterocycles. The molecule has 0 radical (unpaired) electrons. The van der Waals surface area contributed by atoms with Crippen molar-refractivity contribution < 1.29 is 32.9 Å². The van der Waals surface area contributed by atoms with Crippen molar-refractivity contribution in [3.63, 3.8) is 0 Å². The van der Waals surface area contributed by atoms with Crippen LogP contribution < -0.4 is 14.8 Å². The Kier molecular flexibility index (Phi) is 7.89. The van der Waals surface area contributed by atoms with Crippen molar-refractivity contribution in [1.29, 1.82) is 0 Å². The van der Waals surface area contributed by atoms with Gasteiger partial charge in [-0.2, -0.15) is 5.10 Å². The van der Waals surface area contributed by atoms with Gasteiger partial charge in [0.2, 0.25) is 5.88 Å². The van der Waals surface area contributed by atoms with E-state index in [0.717, 1.165) is 17.7 Å². The number of ether oxygens (including phenoxy) is 3. The van der Waals surface area contributed by atoms with E-state index in [0.29, 0.717) is 17.2 Å². The molecule has 0 spiro atoms. The lowest BCUT2D eigenvalue weighted by molar-refractivity contribution is -0.155. The molecule has 0 saturated heterocycles. The van der Waals surface area contributed by atoms with Crippen LogP contribution in [0.2, 0.25) is 0 Å². The number of nitrogens with zero attached hydrogens (tertiary/aromatic N) is 5. The number of hydrogen-bond acceptors (Lipinski definition) is 9. The number of carbonyl (C=O) groups excluding carboxylic acids is 1. The van der Waals surface area contributed by atoms with Crippen molar-refractivity contribution in [1.82, 2.24) is 24.3 Å². The minimum Gasteiger partial charge on any atom is -0.497 e. The molecule has 0 fully saturated rings. The average Bonchev–Trinajstić information content (AvgIpc) is 3.50. The van der Waals surface area contributed by atoms with Crippen LogP contribution in [0.3, 0.4) is 0 Å². The quantitative estimate of drug-likeness (QED) is 0.216. The lowest BCUT2D eigenvalue weighted by Gasteiger charge is -2.19. The molecule has 0 aliphatic carbocycles. The van der Waals surface area contributed by atoms with Crippen LogP contribution in [-0.4, -0.2) is 55.2 Å². The van der Waals surface area contributed by atoms with Crippen LogP contribution in [0.15, 0.2) is 55.0 Å². The second-order valence-electron chi connectivity index (χ2n) is 10.6. The Balaban J connectivity index is 1.56. The number of esters is 1. The van der Waals surface area contributed by atoms with E-state index in [1.165, 1.54) is 34.8 Å². The number of aromatic hydroxyl groups is 1. The van der Waals surface area contributed by atoms with Crippen LogP contribution in [0.5, 0.6) is 17.4 Å². The zero-order valence-electron chi connectivity index (χ0n) is 24.2. The summed E-state index contributed by atoms with van der Waals surface area (Å²) in [5, 5.41) is 18.8. The molecule has 2 N–H and O–H groups in total. The summed E-state index contributed by atoms with van der Waals surface area (Å²) in [5.41, 5.74) is 0.271. The van der Waals surface area contributed by atoms with Crippen molar-refractivity contribution in [3.8, 4) is 28.8 Å². The highest BCUT2D eigenvalue weighted by atomic mass is 19.1. The van der Waals surface area contributed by atoms with Gasteiger partial charge in [-0.25, -0.2) is 18.7 Å². The Bertz CT molecular complexity index is 1790. The van der Waals surface area contributed by atoms with Crippen molar-refractivity contribution >= 4 is 28.4 Å². The predicted octanol–water partition coefficient (Wildman–Crippen LogP) is 5.43. The third-order valence-corrected chi connectivity index (χ3v) is 6.34. The van der Waals surface area contributed by atoms with Crippen molar-refractivity contribution in [2.45, 2.75) is 39.5 Å². The molecular weight excluding hydrogens is 562 g/mol. The molecular formula is C30H30F2N6O5. The molecule has 3 aromatic heterocycles.